The van der Waals surface area contributed by atoms with E-state index >= 15 is 0 Å². The van der Waals surface area contributed by atoms with Crippen molar-refractivity contribution in [3.05, 3.63) is 23.7 Å². The average Bonchev–Trinajstić information content (AvgIpc) is 2.67. The largest absolute Gasteiger partial charge is 0.311 e. The molecule has 0 unspecified atom stereocenters. The number of fused-ring (bicyclic) bond motifs is 1. The topological polar surface area (TPSA) is 30.7 Å². The molecule has 4 heteroatoms. The Kier molecular flexibility index (Phi) is 2.81. The van der Waals surface area contributed by atoms with Gasteiger partial charge in [-0.2, -0.15) is 0 Å². The summed E-state index contributed by atoms with van der Waals surface area (Å²) >= 11 is 6.03. The number of aromatic nitrogens is 3. The third kappa shape index (κ3) is 1.81. The van der Waals surface area contributed by atoms with Crippen LogP contribution in [0.1, 0.15) is 37.6 Å². The minimum Gasteiger partial charge on any atom is -0.311 e. The molecule has 96 valence electrons. The molecule has 0 saturated heterocycles. The Bertz CT molecular complexity index is 584. The average molecular weight is 264 g/mol. The van der Waals surface area contributed by atoms with Crippen LogP contribution in [-0.4, -0.2) is 14.5 Å². The Morgan fingerprint density at radius 2 is 2.22 bits per heavy atom. The number of hydrogen-bond donors (Lipinski definition) is 0. The lowest BCUT2D eigenvalue weighted by atomic mass is 9.70. The molecule has 1 aliphatic carbocycles. The van der Waals surface area contributed by atoms with Crippen molar-refractivity contribution in [2.24, 2.45) is 5.41 Å². The number of hydrogen-bond acceptors (Lipinski definition) is 2. The highest BCUT2D eigenvalue weighted by molar-refractivity contribution is 6.16. The maximum atomic E-state index is 6.03. The van der Waals surface area contributed by atoms with Crippen LogP contribution in [0.25, 0.3) is 11.2 Å². The summed E-state index contributed by atoms with van der Waals surface area (Å²) in [6, 6.07) is 2.00. The highest BCUT2D eigenvalue weighted by Gasteiger charge is 2.33. The molecule has 0 atom stereocenters. The van der Waals surface area contributed by atoms with Gasteiger partial charge in [0.25, 0.3) is 0 Å². The molecule has 0 aliphatic heterocycles. The molecule has 2 aromatic heterocycles. The first-order valence-electron chi connectivity index (χ1n) is 6.50. The summed E-state index contributed by atoms with van der Waals surface area (Å²) in [6.45, 7) is 5.41. The zero-order valence-corrected chi connectivity index (χ0v) is 11.7. The Hall–Kier alpha value is -1.09. The predicted molar refractivity (Wildman–Crippen MR) is 73.8 cm³/mol. The Morgan fingerprint density at radius 1 is 1.44 bits per heavy atom. The molecule has 2 aromatic rings. The summed E-state index contributed by atoms with van der Waals surface area (Å²) in [7, 11) is 0. The molecule has 0 spiro atoms. The van der Waals surface area contributed by atoms with Gasteiger partial charge in [0.15, 0.2) is 5.65 Å². The first-order chi connectivity index (χ1) is 8.63. The third-order valence-electron chi connectivity index (χ3n) is 4.13. The van der Waals surface area contributed by atoms with E-state index in [9.17, 15) is 0 Å². The van der Waals surface area contributed by atoms with Crippen LogP contribution >= 0.6 is 11.6 Å². The highest BCUT2D eigenvalue weighted by Crippen LogP contribution is 2.42. The summed E-state index contributed by atoms with van der Waals surface area (Å²) in [4.78, 5) is 9.14. The monoisotopic (exact) mass is 263 g/mol. The number of rotatable bonds is 3. The van der Waals surface area contributed by atoms with E-state index < -0.39 is 0 Å². The van der Waals surface area contributed by atoms with Gasteiger partial charge in [0, 0.05) is 12.7 Å². The van der Waals surface area contributed by atoms with E-state index in [4.69, 9.17) is 11.6 Å². The SMILES string of the molecule is Cc1ccnc2c1nc(CCl)n2CC1(C)CCC1. The van der Waals surface area contributed by atoms with Crippen LogP contribution in [0.4, 0.5) is 0 Å². The van der Waals surface area contributed by atoms with E-state index in [1.807, 2.05) is 12.3 Å². The molecular weight excluding hydrogens is 246 g/mol. The van der Waals surface area contributed by atoms with Gasteiger partial charge in [-0.3, -0.25) is 0 Å². The van der Waals surface area contributed by atoms with Gasteiger partial charge < -0.3 is 4.57 Å². The second-order valence-electron chi connectivity index (χ2n) is 5.71. The van der Waals surface area contributed by atoms with E-state index in [0.717, 1.165) is 23.5 Å². The quantitative estimate of drug-likeness (QED) is 0.791. The van der Waals surface area contributed by atoms with Gasteiger partial charge in [-0.05, 0) is 36.8 Å². The maximum absolute atomic E-state index is 6.03. The number of alkyl halides is 1. The van der Waals surface area contributed by atoms with Crippen LogP contribution < -0.4 is 0 Å². The molecular formula is C14H18ClN3. The zero-order chi connectivity index (χ0) is 12.8. The van der Waals surface area contributed by atoms with E-state index in [0.29, 0.717) is 11.3 Å². The molecule has 0 amide bonds. The van der Waals surface area contributed by atoms with Gasteiger partial charge in [-0.25, -0.2) is 9.97 Å². The van der Waals surface area contributed by atoms with Crippen molar-refractivity contribution in [2.45, 2.75) is 45.5 Å². The molecule has 18 heavy (non-hydrogen) atoms. The molecule has 3 rings (SSSR count). The first-order valence-corrected chi connectivity index (χ1v) is 7.03. The minimum absolute atomic E-state index is 0.403. The summed E-state index contributed by atoms with van der Waals surface area (Å²) in [5, 5.41) is 0. The standard InChI is InChI=1S/C14H18ClN3/c1-10-4-7-16-13-12(10)17-11(8-15)18(13)9-14(2)5-3-6-14/h4,7H,3,5-6,8-9H2,1-2H3. The normalized spacial score (nSPS) is 17.9. The molecule has 0 N–H and O–H groups in total. The number of aryl methyl sites for hydroxylation is 1. The molecule has 1 fully saturated rings. The molecule has 0 bridgehead atoms. The van der Waals surface area contributed by atoms with Gasteiger partial charge in [-0.1, -0.05) is 13.3 Å². The Balaban J connectivity index is 2.11. The van der Waals surface area contributed by atoms with Crippen molar-refractivity contribution in [1.82, 2.24) is 14.5 Å². The fraction of sp³-hybridized carbons (Fsp3) is 0.571. The summed E-state index contributed by atoms with van der Waals surface area (Å²) in [5.74, 6) is 1.40. The minimum atomic E-state index is 0.403. The number of imidazole rings is 1. The van der Waals surface area contributed by atoms with Crippen molar-refractivity contribution >= 4 is 22.8 Å². The van der Waals surface area contributed by atoms with E-state index in [2.05, 4.69) is 28.4 Å². The predicted octanol–water partition coefficient (Wildman–Crippen LogP) is 3.67. The summed E-state index contributed by atoms with van der Waals surface area (Å²) in [6.07, 6.45) is 5.78. The van der Waals surface area contributed by atoms with Crippen molar-refractivity contribution in [3.63, 3.8) is 0 Å². The number of pyridine rings is 1. The molecule has 2 heterocycles. The van der Waals surface area contributed by atoms with E-state index in [1.165, 1.54) is 24.8 Å². The second kappa shape index (κ2) is 4.23. The van der Waals surface area contributed by atoms with Crippen molar-refractivity contribution in [1.29, 1.82) is 0 Å². The van der Waals surface area contributed by atoms with Crippen LogP contribution in [0.5, 0.6) is 0 Å². The zero-order valence-electron chi connectivity index (χ0n) is 10.9. The molecule has 1 saturated carbocycles. The van der Waals surface area contributed by atoms with Gasteiger partial charge in [-0.15, -0.1) is 11.6 Å². The highest BCUT2D eigenvalue weighted by atomic mass is 35.5. The molecule has 0 radical (unpaired) electrons. The van der Waals surface area contributed by atoms with Crippen LogP contribution in [0, 0.1) is 12.3 Å². The summed E-state index contributed by atoms with van der Waals surface area (Å²) < 4.78 is 2.22. The first kappa shape index (κ1) is 12.0. The number of nitrogens with zero attached hydrogens (tertiary/aromatic N) is 3. The number of halogens is 1. The maximum Gasteiger partial charge on any atom is 0.160 e. The lowest BCUT2D eigenvalue weighted by Crippen LogP contribution is -2.31. The third-order valence-corrected chi connectivity index (χ3v) is 4.37. The fourth-order valence-electron chi connectivity index (χ4n) is 2.77. The van der Waals surface area contributed by atoms with E-state index in [-0.39, 0.29) is 0 Å². The van der Waals surface area contributed by atoms with Crippen molar-refractivity contribution < 1.29 is 0 Å². The van der Waals surface area contributed by atoms with Gasteiger partial charge in [0.1, 0.15) is 11.3 Å². The molecule has 3 nitrogen and oxygen atoms in total. The van der Waals surface area contributed by atoms with Crippen LogP contribution in [0.3, 0.4) is 0 Å². The van der Waals surface area contributed by atoms with Crippen molar-refractivity contribution in [2.75, 3.05) is 0 Å². The van der Waals surface area contributed by atoms with Gasteiger partial charge >= 0.3 is 0 Å². The van der Waals surface area contributed by atoms with Crippen LogP contribution in [0.2, 0.25) is 0 Å². The summed E-state index contributed by atoms with van der Waals surface area (Å²) in [5.41, 5.74) is 3.55. The lowest BCUT2D eigenvalue weighted by molar-refractivity contribution is 0.132. The second-order valence-corrected chi connectivity index (χ2v) is 5.98. The lowest BCUT2D eigenvalue weighted by Gasteiger charge is -2.39. The Morgan fingerprint density at radius 3 is 2.83 bits per heavy atom. The smallest absolute Gasteiger partial charge is 0.160 e. The molecule has 1 aliphatic rings. The van der Waals surface area contributed by atoms with Crippen LogP contribution in [0.15, 0.2) is 12.3 Å². The van der Waals surface area contributed by atoms with Gasteiger partial charge in [0.2, 0.25) is 0 Å². The Labute approximate surface area is 112 Å². The fourth-order valence-corrected chi connectivity index (χ4v) is 2.98. The molecule has 0 aromatic carbocycles. The van der Waals surface area contributed by atoms with Crippen molar-refractivity contribution in [3.8, 4) is 0 Å². The van der Waals surface area contributed by atoms with E-state index in [1.54, 1.807) is 0 Å². The van der Waals surface area contributed by atoms with Gasteiger partial charge in [0.05, 0.1) is 5.88 Å². The van der Waals surface area contributed by atoms with Crippen LogP contribution in [-0.2, 0) is 12.4 Å².